The average molecular weight is 210 g/mol. The lowest BCUT2D eigenvalue weighted by Gasteiger charge is -2.11. The van der Waals surface area contributed by atoms with Crippen molar-refractivity contribution >= 4 is 5.82 Å². The molecule has 0 aliphatic heterocycles. The van der Waals surface area contributed by atoms with Crippen molar-refractivity contribution in [2.45, 2.75) is 25.4 Å². The van der Waals surface area contributed by atoms with Gasteiger partial charge in [-0.1, -0.05) is 0 Å². The van der Waals surface area contributed by atoms with E-state index in [1.54, 1.807) is 12.3 Å². The largest absolute Gasteiger partial charge is 0.393 e. The van der Waals surface area contributed by atoms with Gasteiger partial charge in [0.25, 0.3) is 0 Å². The summed E-state index contributed by atoms with van der Waals surface area (Å²) in [6.07, 6.45) is 4.06. The molecule has 0 spiro atoms. The molecule has 1 heterocycles. The molecule has 0 amide bonds. The molecule has 1 aromatic heterocycles. The van der Waals surface area contributed by atoms with Crippen molar-refractivity contribution in [3.05, 3.63) is 24.1 Å². The summed E-state index contributed by atoms with van der Waals surface area (Å²) in [4.78, 5) is 3.91. The van der Waals surface area contributed by atoms with Gasteiger partial charge < -0.3 is 10.4 Å². The Morgan fingerprint density at radius 1 is 1.53 bits per heavy atom. The fourth-order valence-electron chi connectivity index (χ4n) is 1.99. The van der Waals surface area contributed by atoms with Gasteiger partial charge in [-0.2, -0.15) is 0 Å². The highest BCUT2D eigenvalue weighted by molar-refractivity contribution is 5.35. The molecule has 0 bridgehead atoms. The van der Waals surface area contributed by atoms with Gasteiger partial charge in [0.15, 0.2) is 11.6 Å². The summed E-state index contributed by atoms with van der Waals surface area (Å²) in [5.74, 6) is 0.413. The number of aliphatic hydroxyl groups excluding tert-OH is 1. The van der Waals surface area contributed by atoms with Gasteiger partial charge in [-0.05, 0) is 37.3 Å². The van der Waals surface area contributed by atoms with E-state index in [9.17, 15) is 9.50 Å². The summed E-state index contributed by atoms with van der Waals surface area (Å²) in [5, 5.41) is 12.3. The lowest BCUT2D eigenvalue weighted by atomic mass is 10.1. The number of nitrogens with one attached hydrogen (secondary N) is 1. The van der Waals surface area contributed by atoms with Crippen LogP contribution in [0.1, 0.15) is 19.3 Å². The maximum Gasteiger partial charge on any atom is 0.165 e. The van der Waals surface area contributed by atoms with Crippen molar-refractivity contribution in [3.63, 3.8) is 0 Å². The number of aromatic nitrogens is 1. The summed E-state index contributed by atoms with van der Waals surface area (Å²) in [7, 11) is 0. The number of halogens is 1. The lowest BCUT2D eigenvalue weighted by Crippen LogP contribution is -2.14. The fourth-order valence-corrected chi connectivity index (χ4v) is 1.99. The van der Waals surface area contributed by atoms with E-state index in [4.69, 9.17) is 0 Å². The summed E-state index contributed by atoms with van der Waals surface area (Å²) >= 11 is 0. The average Bonchev–Trinajstić information content (AvgIpc) is 2.63. The van der Waals surface area contributed by atoms with E-state index >= 15 is 0 Å². The molecular formula is C11H15FN2O. The van der Waals surface area contributed by atoms with Crippen LogP contribution in [0.15, 0.2) is 18.3 Å². The minimum absolute atomic E-state index is 0.176. The first-order valence-corrected chi connectivity index (χ1v) is 5.28. The normalized spacial score (nSPS) is 25.5. The van der Waals surface area contributed by atoms with E-state index in [0.29, 0.717) is 18.3 Å². The predicted molar refractivity (Wildman–Crippen MR) is 56.0 cm³/mol. The lowest BCUT2D eigenvalue weighted by molar-refractivity contribution is 0.178. The molecule has 0 aromatic carbocycles. The van der Waals surface area contributed by atoms with Crippen LogP contribution in [0, 0.1) is 11.7 Å². The molecule has 0 radical (unpaired) electrons. The third kappa shape index (κ3) is 2.65. The molecular weight excluding hydrogens is 195 g/mol. The smallest absolute Gasteiger partial charge is 0.165 e. The van der Waals surface area contributed by atoms with Crippen LogP contribution in [0.3, 0.4) is 0 Å². The molecule has 2 rings (SSSR count). The van der Waals surface area contributed by atoms with Crippen LogP contribution in [-0.2, 0) is 0 Å². The zero-order valence-corrected chi connectivity index (χ0v) is 8.49. The molecule has 4 heteroatoms. The number of hydrogen-bond donors (Lipinski definition) is 2. The minimum atomic E-state index is -0.323. The fraction of sp³-hybridized carbons (Fsp3) is 0.545. The van der Waals surface area contributed by atoms with Crippen molar-refractivity contribution in [2.75, 3.05) is 11.9 Å². The highest BCUT2D eigenvalue weighted by atomic mass is 19.1. The van der Waals surface area contributed by atoms with E-state index < -0.39 is 0 Å². The van der Waals surface area contributed by atoms with Gasteiger partial charge in [0.05, 0.1) is 6.10 Å². The Bertz CT molecular complexity index is 332. The summed E-state index contributed by atoms with van der Waals surface area (Å²) in [5.41, 5.74) is 0. The van der Waals surface area contributed by atoms with Crippen LogP contribution in [-0.4, -0.2) is 22.7 Å². The Balaban J connectivity index is 1.86. The SMILES string of the molecule is OC1CCC(CNc2ncccc2F)C1. The molecule has 2 N–H and O–H groups in total. The maximum absolute atomic E-state index is 13.2. The zero-order chi connectivity index (χ0) is 10.7. The molecule has 82 valence electrons. The standard InChI is InChI=1S/C11H15FN2O/c12-10-2-1-5-13-11(10)14-7-8-3-4-9(15)6-8/h1-2,5,8-9,15H,3-4,6-7H2,(H,13,14). The molecule has 1 saturated carbocycles. The number of hydrogen-bond acceptors (Lipinski definition) is 3. The Morgan fingerprint density at radius 2 is 2.40 bits per heavy atom. The Kier molecular flexibility index (Phi) is 3.16. The summed E-state index contributed by atoms with van der Waals surface area (Å²) < 4.78 is 13.2. The van der Waals surface area contributed by atoms with E-state index in [0.717, 1.165) is 19.3 Å². The van der Waals surface area contributed by atoms with Crippen molar-refractivity contribution in [1.29, 1.82) is 0 Å². The first-order valence-electron chi connectivity index (χ1n) is 5.28. The Hall–Kier alpha value is -1.16. The molecule has 1 aromatic rings. The van der Waals surface area contributed by atoms with Crippen LogP contribution in [0.5, 0.6) is 0 Å². The van der Waals surface area contributed by atoms with Crippen molar-refractivity contribution in [1.82, 2.24) is 4.98 Å². The van der Waals surface area contributed by atoms with Crippen LogP contribution in [0.25, 0.3) is 0 Å². The third-order valence-electron chi connectivity index (χ3n) is 2.83. The second kappa shape index (κ2) is 4.57. The molecule has 1 fully saturated rings. The quantitative estimate of drug-likeness (QED) is 0.799. The van der Waals surface area contributed by atoms with Gasteiger partial charge in [-0.15, -0.1) is 0 Å². The second-order valence-electron chi connectivity index (χ2n) is 4.05. The van der Waals surface area contributed by atoms with Gasteiger partial charge in [0.1, 0.15) is 0 Å². The van der Waals surface area contributed by atoms with Crippen molar-refractivity contribution in [2.24, 2.45) is 5.92 Å². The maximum atomic E-state index is 13.2. The second-order valence-corrected chi connectivity index (χ2v) is 4.05. The third-order valence-corrected chi connectivity index (χ3v) is 2.83. The molecule has 2 unspecified atom stereocenters. The van der Waals surface area contributed by atoms with Crippen molar-refractivity contribution < 1.29 is 9.50 Å². The topological polar surface area (TPSA) is 45.1 Å². The predicted octanol–water partition coefficient (Wildman–Crippen LogP) is 1.79. The molecule has 3 nitrogen and oxygen atoms in total. The highest BCUT2D eigenvalue weighted by Gasteiger charge is 2.22. The number of aliphatic hydroxyl groups is 1. The van der Waals surface area contributed by atoms with Crippen LogP contribution >= 0.6 is 0 Å². The van der Waals surface area contributed by atoms with E-state index in [-0.39, 0.29) is 11.9 Å². The van der Waals surface area contributed by atoms with Crippen LogP contribution < -0.4 is 5.32 Å². The monoisotopic (exact) mass is 210 g/mol. The summed E-state index contributed by atoms with van der Waals surface area (Å²) in [6.45, 7) is 0.686. The van der Waals surface area contributed by atoms with E-state index in [2.05, 4.69) is 10.3 Å². The first-order chi connectivity index (χ1) is 7.25. The van der Waals surface area contributed by atoms with Gasteiger partial charge in [0, 0.05) is 12.7 Å². The van der Waals surface area contributed by atoms with Crippen LogP contribution in [0.4, 0.5) is 10.2 Å². The Labute approximate surface area is 88.3 Å². The molecule has 0 saturated heterocycles. The molecule has 1 aliphatic carbocycles. The van der Waals surface area contributed by atoms with E-state index in [1.165, 1.54) is 6.07 Å². The number of anilines is 1. The number of rotatable bonds is 3. The number of nitrogens with zero attached hydrogens (tertiary/aromatic N) is 1. The van der Waals surface area contributed by atoms with Gasteiger partial charge >= 0.3 is 0 Å². The van der Waals surface area contributed by atoms with Gasteiger partial charge in [-0.25, -0.2) is 9.37 Å². The molecule has 2 atom stereocenters. The number of pyridine rings is 1. The molecule has 1 aliphatic rings. The first kappa shape index (κ1) is 10.4. The molecule has 15 heavy (non-hydrogen) atoms. The van der Waals surface area contributed by atoms with Gasteiger partial charge in [-0.3, -0.25) is 0 Å². The minimum Gasteiger partial charge on any atom is -0.393 e. The van der Waals surface area contributed by atoms with Crippen molar-refractivity contribution in [3.8, 4) is 0 Å². The summed E-state index contributed by atoms with van der Waals surface area (Å²) in [6, 6.07) is 2.96. The van der Waals surface area contributed by atoms with Crippen LogP contribution in [0.2, 0.25) is 0 Å². The zero-order valence-electron chi connectivity index (χ0n) is 8.49. The Morgan fingerprint density at radius 3 is 3.07 bits per heavy atom. The highest BCUT2D eigenvalue weighted by Crippen LogP contribution is 2.25. The van der Waals surface area contributed by atoms with Gasteiger partial charge in [0.2, 0.25) is 0 Å². The van der Waals surface area contributed by atoms with E-state index in [1.807, 2.05) is 0 Å².